The average Bonchev–Trinajstić information content (AvgIpc) is 2.16. The average molecular weight is 264 g/mol. The first-order valence-corrected chi connectivity index (χ1v) is 5.05. The molecule has 5 nitrogen and oxygen atoms in total. The van der Waals surface area contributed by atoms with Gasteiger partial charge in [-0.05, 0) is 24.1 Å². The van der Waals surface area contributed by atoms with E-state index in [0.717, 1.165) is 0 Å². The molecule has 0 heterocycles. The minimum absolute atomic E-state index is 0.0699. The molecule has 0 bridgehead atoms. The van der Waals surface area contributed by atoms with Crippen LogP contribution in [0.4, 0.5) is 0 Å². The lowest BCUT2D eigenvalue weighted by Gasteiger charge is -2.09. The van der Waals surface area contributed by atoms with E-state index in [-0.39, 0.29) is 5.56 Å². The number of carbonyl (C=O) groups is 1. The Morgan fingerprint density at radius 2 is 2.12 bits per heavy atom. The molecule has 0 saturated carbocycles. The van der Waals surface area contributed by atoms with Crippen molar-refractivity contribution in [3.63, 3.8) is 0 Å². The van der Waals surface area contributed by atoms with Crippen LogP contribution in [0.3, 0.4) is 0 Å². The number of rotatable bonds is 3. The maximum absolute atomic E-state index is 11.3. The molecule has 0 aliphatic rings. The lowest BCUT2D eigenvalue weighted by Crippen LogP contribution is -2.12. The molecular formula is C9H7Cl2NO4. The molecule has 0 N–H and O–H groups in total. The standard InChI is InChI=1S/C9H7Cl2NO4/c1-5-6(8(10)11)3-2-4-7(5)9(13)16-12(14)15/h2-4,8H,1H3. The number of carbonyl (C=O) groups excluding carboxylic acids is 1. The predicted molar refractivity (Wildman–Crippen MR) is 58.0 cm³/mol. The van der Waals surface area contributed by atoms with Gasteiger partial charge in [-0.2, -0.15) is 0 Å². The first-order chi connectivity index (χ1) is 7.43. The normalized spacial score (nSPS) is 10.2. The van der Waals surface area contributed by atoms with Crippen LogP contribution in [0.1, 0.15) is 26.3 Å². The number of benzene rings is 1. The number of halogens is 2. The molecule has 1 aromatic carbocycles. The molecule has 0 aromatic heterocycles. The molecule has 0 aliphatic heterocycles. The molecule has 7 heteroatoms. The summed E-state index contributed by atoms with van der Waals surface area (Å²) in [6, 6.07) is 4.56. The zero-order chi connectivity index (χ0) is 12.3. The van der Waals surface area contributed by atoms with Crippen LogP contribution in [-0.4, -0.2) is 11.1 Å². The molecule has 0 radical (unpaired) electrons. The molecule has 0 amide bonds. The fourth-order valence-corrected chi connectivity index (χ4v) is 1.70. The second kappa shape index (κ2) is 5.14. The summed E-state index contributed by atoms with van der Waals surface area (Å²) in [6.45, 7) is 1.59. The second-order valence-corrected chi connectivity index (χ2v) is 4.02. The Kier molecular flexibility index (Phi) is 4.09. The topological polar surface area (TPSA) is 69.4 Å². The van der Waals surface area contributed by atoms with E-state index in [0.29, 0.717) is 11.1 Å². The number of hydrogen-bond donors (Lipinski definition) is 0. The van der Waals surface area contributed by atoms with E-state index >= 15 is 0 Å². The molecule has 0 aliphatic carbocycles. The van der Waals surface area contributed by atoms with Gasteiger partial charge < -0.3 is 0 Å². The maximum atomic E-state index is 11.3. The van der Waals surface area contributed by atoms with Gasteiger partial charge in [0.1, 0.15) is 4.84 Å². The summed E-state index contributed by atoms with van der Waals surface area (Å²) in [4.78, 5) is 24.4. The lowest BCUT2D eigenvalue weighted by atomic mass is 10.0. The zero-order valence-corrected chi connectivity index (χ0v) is 9.66. The Balaban J connectivity index is 3.10. The van der Waals surface area contributed by atoms with Crippen LogP contribution >= 0.6 is 23.2 Å². The monoisotopic (exact) mass is 263 g/mol. The predicted octanol–water partition coefficient (Wildman–Crippen LogP) is 2.82. The summed E-state index contributed by atoms with van der Waals surface area (Å²) < 4.78 is 0. The minimum Gasteiger partial charge on any atom is -0.263 e. The van der Waals surface area contributed by atoms with E-state index in [4.69, 9.17) is 23.2 Å². The van der Waals surface area contributed by atoms with Crippen molar-refractivity contribution in [3.05, 3.63) is 45.0 Å². The Morgan fingerprint density at radius 1 is 1.50 bits per heavy atom. The van der Waals surface area contributed by atoms with Gasteiger partial charge in [-0.1, -0.05) is 12.1 Å². The lowest BCUT2D eigenvalue weighted by molar-refractivity contribution is -0.727. The van der Waals surface area contributed by atoms with Crippen molar-refractivity contribution in [1.29, 1.82) is 0 Å². The van der Waals surface area contributed by atoms with E-state index in [2.05, 4.69) is 4.84 Å². The van der Waals surface area contributed by atoms with Gasteiger partial charge in [0.2, 0.25) is 0 Å². The first-order valence-electron chi connectivity index (χ1n) is 4.18. The van der Waals surface area contributed by atoms with Gasteiger partial charge in [0, 0.05) is 5.56 Å². The van der Waals surface area contributed by atoms with Crippen molar-refractivity contribution in [2.45, 2.75) is 11.8 Å². The summed E-state index contributed by atoms with van der Waals surface area (Å²) in [5.74, 6) is -1.04. The van der Waals surface area contributed by atoms with E-state index in [1.165, 1.54) is 12.1 Å². The van der Waals surface area contributed by atoms with Crippen molar-refractivity contribution < 1.29 is 14.7 Å². The van der Waals surface area contributed by atoms with Crippen LogP contribution < -0.4 is 0 Å². The first kappa shape index (κ1) is 12.7. The fraction of sp³-hybridized carbons (Fsp3) is 0.222. The van der Waals surface area contributed by atoms with Crippen molar-refractivity contribution in [2.75, 3.05) is 0 Å². The van der Waals surface area contributed by atoms with Gasteiger partial charge >= 0.3 is 11.1 Å². The van der Waals surface area contributed by atoms with Crippen LogP contribution in [0.25, 0.3) is 0 Å². The largest absolute Gasteiger partial charge is 0.334 e. The third-order valence-electron chi connectivity index (χ3n) is 1.99. The van der Waals surface area contributed by atoms with Crippen LogP contribution in [0, 0.1) is 17.0 Å². The molecule has 86 valence electrons. The Bertz CT molecular complexity index is 434. The summed E-state index contributed by atoms with van der Waals surface area (Å²) in [5, 5.41) is 8.86. The number of hydrogen-bond acceptors (Lipinski definition) is 4. The third kappa shape index (κ3) is 2.84. The van der Waals surface area contributed by atoms with Crippen LogP contribution in [0.15, 0.2) is 18.2 Å². The third-order valence-corrected chi connectivity index (χ3v) is 2.46. The van der Waals surface area contributed by atoms with Gasteiger partial charge in [0.25, 0.3) is 0 Å². The second-order valence-electron chi connectivity index (χ2n) is 2.92. The van der Waals surface area contributed by atoms with E-state index in [1.807, 2.05) is 0 Å². The van der Waals surface area contributed by atoms with Crippen molar-refractivity contribution >= 4 is 29.2 Å². The van der Waals surface area contributed by atoms with Crippen molar-refractivity contribution in [1.82, 2.24) is 0 Å². The SMILES string of the molecule is Cc1c(C(=O)O[N+](=O)[O-])cccc1C(Cl)Cl. The molecule has 16 heavy (non-hydrogen) atoms. The zero-order valence-electron chi connectivity index (χ0n) is 8.15. The van der Waals surface area contributed by atoms with Crippen LogP contribution in [0.5, 0.6) is 0 Å². The molecule has 0 atom stereocenters. The van der Waals surface area contributed by atoms with Gasteiger partial charge in [-0.25, -0.2) is 4.84 Å². The van der Waals surface area contributed by atoms with E-state index in [1.54, 1.807) is 13.0 Å². The number of nitrogens with zero attached hydrogens (tertiary/aromatic N) is 1. The van der Waals surface area contributed by atoms with Crippen LogP contribution in [0.2, 0.25) is 0 Å². The molecule has 0 unspecified atom stereocenters. The Hall–Kier alpha value is -1.33. The molecule has 0 saturated heterocycles. The molecule has 0 spiro atoms. The van der Waals surface area contributed by atoms with Gasteiger partial charge in [0.05, 0.1) is 0 Å². The smallest absolute Gasteiger partial charge is 0.263 e. The molecular weight excluding hydrogens is 257 g/mol. The van der Waals surface area contributed by atoms with Crippen molar-refractivity contribution in [3.8, 4) is 0 Å². The van der Waals surface area contributed by atoms with Crippen LogP contribution in [-0.2, 0) is 4.84 Å². The fourth-order valence-electron chi connectivity index (χ4n) is 1.23. The van der Waals surface area contributed by atoms with E-state index < -0.39 is 15.9 Å². The Labute approximate surface area is 101 Å². The van der Waals surface area contributed by atoms with Crippen molar-refractivity contribution in [2.24, 2.45) is 0 Å². The quantitative estimate of drug-likeness (QED) is 0.478. The summed E-state index contributed by atoms with van der Waals surface area (Å²) >= 11 is 11.3. The summed E-state index contributed by atoms with van der Waals surface area (Å²) in [7, 11) is 0. The highest BCUT2D eigenvalue weighted by atomic mass is 35.5. The highest BCUT2D eigenvalue weighted by molar-refractivity contribution is 6.44. The van der Waals surface area contributed by atoms with Gasteiger partial charge in [0.15, 0.2) is 0 Å². The van der Waals surface area contributed by atoms with Gasteiger partial charge in [-0.15, -0.1) is 33.3 Å². The summed E-state index contributed by atoms with van der Waals surface area (Å²) in [6.07, 6.45) is 0. The highest BCUT2D eigenvalue weighted by Crippen LogP contribution is 2.29. The minimum atomic E-state index is -1.16. The van der Waals surface area contributed by atoms with Gasteiger partial charge in [-0.3, -0.25) is 4.79 Å². The maximum Gasteiger partial charge on any atom is 0.334 e. The molecule has 0 fully saturated rings. The number of alkyl halides is 2. The highest BCUT2D eigenvalue weighted by Gasteiger charge is 2.17. The Morgan fingerprint density at radius 3 is 2.62 bits per heavy atom. The molecule has 1 rings (SSSR count). The summed E-state index contributed by atoms with van der Waals surface area (Å²) in [5.41, 5.74) is 1.05. The van der Waals surface area contributed by atoms with E-state index in [9.17, 15) is 14.9 Å². The molecule has 1 aromatic rings.